The molecule has 0 aliphatic carbocycles. The van der Waals surface area contributed by atoms with Gasteiger partial charge in [-0.3, -0.25) is 0 Å². The van der Waals surface area contributed by atoms with Crippen LogP contribution in [-0.2, 0) is 31.1 Å². The number of hydrogen-bond donors (Lipinski definition) is 3. The van der Waals surface area contributed by atoms with Crippen LogP contribution in [-0.4, -0.2) is 0 Å². The lowest BCUT2D eigenvalue weighted by molar-refractivity contribution is 0.456. The Morgan fingerprint density at radius 3 is 0.915 bits per heavy atom. The van der Waals surface area contributed by atoms with Gasteiger partial charge in [0.1, 0.15) is 0 Å². The highest BCUT2D eigenvalue weighted by Crippen LogP contribution is 2.40. The fraction of sp³-hybridized carbons (Fsp3) is 0.182. The molecular weight excluding hydrogens is 571 g/mol. The molecule has 0 radical (unpaired) electrons. The van der Waals surface area contributed by atoms with E-state index in [-0.39, 0.29) is 5.41 Å². The molecule has 0 aliphatic rings. The van der Waals surface area contributed by atoms with E-state index in [4.69, 9.17) is 17.2 Å². The Balaban J connectivity index is 1.24. The maximum Gasteiger partial charge on any atom is 0.0314 e. The highest BCUT2D eigenvalue weighted by molar-refractivity contribution is 5.46. The highest BCUT2D eigenvalue weighted by Gasteiger charge is 2.32. The van der Waals surface area contributed by atoms with Crippen LogP contribution in [0.4, 0.5) is 17.1 Å². The fourth-order valence-electron chi connectivity index (χ4n) is 6.72. The molecule has 0 atom stereocenters. The molecule has 0 saturated heterocycles. The summed E-state index contributed by atoms with van der Waals surface area (Å²) in [5.41, 5.74) is 31.8. The van der Waals surface area contributed by atoms with Crippen LogP contribution in [0.15, 0.2) is 146 Å². The Hall–Kier alpha value is -5.28. The van der Waals surface area contributed by atoms with Crippen molar-refractivity contribution in [2.75, 3.05) is 17.2 Å². The van der Waals surface area contributed by atoms with Gasteiger partial charge in [-0.2, -0.15) is 0 Å². The summed E-state index contributed by atoms with van der Waals surface area (Å²) < 4.78 is 0. The third kappa shape index (κ3) is 7.93. The molecule has 6 N–H and O–H groups in total. The number of anilines is 3. The second-order valence-electron chi connectivity index (χ2n) is 12.9. The summed E-state index contributed by atoms with van der Waals surface area (Å²) in [6, 6.07) is 52.4. The minimum atomic E-state index is -0.109. The quantitative estimate of drug-likeness (QED) is 0.120. The van der Waals surface area contributed by atoms with Crippen molar-refractivity contribution in [2.24, 2.45) is 0 Å². The van der Waals surface area contributed by atoms with Crippen molar-refractivity contribution in [3.8, 4) is 0 Å². The summed E-state index contributed by atoms with van der Waals surface area (Å²) in [5, 5.41) is 0. The molecule has 47 heavy (non-hydrogen) atoms. The normalized spacial score (nSPS) is 11.4. The first-order valence-corrected chi connectivity index (χ1v) is 16.7. The second-order valence-corrected chi connectivity index (χ2v) is 12.9. The predicted molar refractivity (Wildman–Crippen MR) is 200 cm³/mol. The van der Waals surface area contributed by atoms with Crippen molar-refractivity contribution in [1.82, 2.24) is 0 Å². The first-order valence-electron chi connectivity index (χ1n) is 16.7. The third-order valence-corrected chi connectivity index (χ3v) is 9.64. The molecule has 0 fully saturated rings. The third-order valence-electron chi connectivity index (χ3n) is 9.64. The number of hydrogen-bond acceptors (Lipinski definition) is 3. The van der Waals surface area contributed by atoms with Crippen LogP contribution in [0.25, 0.3) is 0 Å². The maximum atomic E-state index is 5.92. The smallest absolute Gasteiger partial charge is 0.0314 e. The van der Waals surface area contributed by atoms with Gasteiger partial charge in [-0.15, -0.1) is 0 Å². The van der Waals surface area contributed by atoms with E-state index in [1.165, 1.54) is 50.1 Å². The molecule has 0 bridgehead atoms. The van der Waals surface area contributed by atoms with E-state index in [1.54, 1.807) is 0 Å². The van der Waals surface area contributed by atoms with Gasteiger partial charge in [0, 0.05) is 22.5 Å². The topological polar surface area (TPSA) is 78.1 Å². The number of rotatable bonds is 12. The minimum absolute atomic E-state index is 0.109. The van der Waals surface area contributed by atoms with E-state index < -0.39 is 0 Å². The van der Waals surface area contributed by atoms with Crippen molar-refractivity contribution in [2.45, 2.75) is 50.9 Å². The molecule has 6 aromatic carbocycles. The molecule has 0 aromatic heterocycles. The number of aryl methyl sites for hydroxylation is 1. The summed E-state index contributed by atoms with van der Waals surface area (Å²) in [7, 11) is 0. The SMILES string of the molecule is CCC(CCc1ccc(Cc2ccc(N)cc2)cc1)(c1ccc(Cc2ccc(N)cc2)cc1)c1ccc(Cc2ccc(N)cc2)cc1. The molecule has 0 aliphatic heterocycles. The Morgan fingerprint density at radius 2 is 0.617 bits per heavy atom. The highest BCUT2D eigenvalue weighted by atomic mass is 14.5. The lowest BCUT2D eigenvalue weighted by Gasteiger charge is -2.35. The Labute approximate surface area is 280 Å². The Kier molecular flexibility index (Phi) is 9.73. The molecule has 6 rings (SSSR count). The van der Waals surface area contributed by atoms with Crippen molar-refractivity contribution in [1.29, 1.82) is 0 Å². The van der Waals surface area contributed by atoms with Gasteiger partial charge >= 0.3 is 0 Å². The maximum absolute atomic E-state index is 5.92. The summed E-state index contributed by atoms with van der Waals surface area (Å²) >= 11 is 0. The predicted octanol–water partition coefficient (Wildman–Crippen LogP) is 9.53. The van der Waals surface area contributed by atoms with Crippen molar-refractivity contribution >= 4 is 17.1 Å². The lowest BCUT2D eigenvalue weighted by atomic mass is 9.68. The van der Waals surface area contributed by atoms with Gasteiger partial charge in [-0.1, -0.05) is 116 Å². The van der Waals surface area contributed by atoms with Gasteiger partial charge < -0.3 is 17.2 Å². The zero-order valence-electron chi connectivity index (χ0n) is 27.3. The summed E-state index contributed by atoms with van der Waals surface area (Å²) in [4.78, 5) is 0. The van der Waals surface area contributed by atoms with Gasteiger partial charge in [0.25, 0.3) is 0 Å². The van der Waals surface area contributed by atoms with E-state index >= 15 is 0 Å². The van der Waals surface area contributed by atoms with Crippen LogP contribution in [0, 0.1) is 0 Å². The van der Waals surface area contributed by atoms with E-state index in [0.717, 1.165) is 55.6 Å². The van der Waals surface area contributed by atoms with E-state index in [9.17, 15) is 0 Å². The van der Waals surface area contributed by atoms with Gasteiger partial charge in [0.05, 0.1) is 0 Å². The Bertz CT molecular complexity index is 1760. The number of nitrogen functional groups attached to an aromatic ring is 3. The first kappa shape index (κ1) is 31.7. The molecule has 0 unspecified atom stereocenters. The number of nitrogens with two attached hydrogens (primary N) is 3. The zero-order valence-corrected chi connectivity index (χ0v) is 27.3. The van der Waals surface area contributed by atoms with Gasteiger partial charge in [-0.05, 0) is 125 Å². The summed E-state index contributed by atoms with van der Waals surface area (Å²) in [6.07, 6.45) is 5.72. The van der Waals surface area contributed by atoms with Crippen LogP contribution in [0.2, 0.25) is 0 Å². The monoisotopic (exact) mass is 615 g/mol. The van der Waals surface area contributed by atoms with Crippen LogP contribution in [0.1, 0.15) is 69.8 Å². The van der Waals surface area contributed by atoms with Gasteiger partial charge in [0.2, 0.25) is 0 Å². The van der Waals surface area contributed by atoms with Crippen LogP contribution in [0.3, 0.4) is 0 Å². The molecule has 0 saturated carbocycles. The van der Waals surface area contributed by atoms with Crippen LogP contribution < -0.4 is 17.2 Å². The fourth-order valence-corrected chi connectivity index (χ4v) is 6.72. The molecular formula is C44H45N3. The zero-order chi connectivity index (χ0) is 32.6. The molecule has 0 spiro atoms. The van der Waals surface area contributed by atoms with Gasteiger partial charge in [-0.25, -0.2) is 0 Å². The molecule has 0 heterocycles. The second kappa shape index (κ2) is 14.4. The number of benzene rings is 6. The van der Waals surface area contributed by atoms with E-state index in [1.807, 2.05) is 36.4 Å². The van der Waals surface area contributed by atoms with Crippen molar-refractivity contribution < 1.29 is 0 Å². The van der Waals surface area contributed by atoms with E-state index in [0.29, 0.717) is 0 Å². The molecule has 3 nitrogen and oxygen atoms in total. The minimum Gasteiger partial charge on any atom is -0.399 e. The molecule has 3 heteroatoms. The molecule has 236 valence electrons. The standard InChI is InChI=1S/C44H45N3/c1-2-44(39-17-7-34(8-18-39)30-37-13-23-42(46)24-14-37,40-19-9-35(10-20-40)31-38-15-25-43(47)26-16-38)28-27-32-3-5-33(6-4-32)29-36-11-21-41(45)22-12-36/h3-26H,2,27-31,45-47H2,1H3. The van der Waals surface area contributed by atoms with Crippen LogP contribution >= 0.6 is 0 Å². The molecule has 0 amide bonds. The van der Waals surface area contributed by atoms with Crippen molar-refractivity contribution in [3.05, 3.63) is 196 Å². The average molecular weight is 616 g/mol. The average Bonchev–Trinajstić information content (AvgIpc) is 3.10. The van der Waals surface area contributed by atoms with Gasteiger partial charge in [0.15, 0.2) is 0 Å². The van der Waals surface area contributed by atoms with Crippen LogP contribution in [0.5, 0.6) is 0 Å². The molecule has 6 aromatic rings. The summed E-state index contributed by atoms with van der Waals surface area (Å²) in [6.45, 7) is 2.33. The Morgan fingerprint density at radius 1 is 0.362 bits per heavy atom. The lowest BCUT2D eigenvalue weighted by Crippen LogP contribution is -2.28. The summed E-state index contributed by atoms with van der Waals surface area (Å²) in [5.74, 6) is 0. The first-order chi connectivity index (χ1) is 22.9. The van der Waals surface area contributed by atoms with Crippen molar-refractivity contribution in [3.63, 3.8) is 0 Å². The largest absolute Gasteiger partial charge is 0.399 e. The van der Waals surface area contributed by atoms with E-state index in [2.05, 4.69) is 116 Å².